The number of nitrogens with zero attached hydrogens (tertiary/aromatic N) is 4. The second-order valence-corrected chi connectivity index (χ2v) is 24.0. The molecule has 20 nitrogen and oxygen atoms in total. The Morgan fingerprint density at radius 2 is 0.817 bits per heavy atom. The Morgan fingerprint density at radius 3 is 1.23 bits per heavy atom. The van der Waals surface area contributed by atoms with Crippen molar-refractivity contribution in [2.24, 2.45) is 0 Å². The molecule has 486 valence electrons. The van der Waals surface area contributed by atoms with Crippen LogP contribution in [0.2, 0.25) is 0 Å². The molecule has 0 spiro atoms. The number of esters is 6. The molecule has 0 saturated heterocycles. The van der Waals surface area contributed by atoms with Crippen molar-refractivity contribution in [3.05, 3.63) is 144 Å². The van der Waals surface area contributed by atoms with Crippen LogP contribution in [0.3, 0.4) is 0 Å². The highest BCUT2D eigenvalue weighted by Crippen LogP contribution is 2.47. The van der Waals surface area contributed by atoms with E-state index in [1.807, 2.05) is 38.1 Å². The number of aromatic nitrogens is 8. The van der Waals surface area contributed by atoms with Crippen molar-refractivity contribution in [3.8, 4) is 0 Å². The van der Waals surface area contributed by atoms with E-state index in [0.29, 0.717) is 90.3 Å². The summed E-state index contributed by atoms with van der Waals surface area (Å²) in [6.07, 6.45) is 8.06. The van der Waals surface area contributed by atoms with Gasteiger partial charge in [-0.2, -0.15) is 0 Å². The van der Waals surface area contributed by atoms with Gasteiger partial charge in [0.25, 0.3) is 0 Å². The summed E-state index contributed by atoms with van der Waals surface area (Å²) in [5, 5.41) is 0. The van der Waals surface area contributed by atoms with Crippen LogP contribution in [0.15, 0.2) is 42.5 Å². The van der Waals surface area contributed by atoms with E-state index in [0.717, 1.165) is 88.6 Å². The first-order chi connectivity index (χ1) is 44.6. The number of nitrogens with one attached hydrogen (secondary N) is 4. The molecular formula is C73H82N8O12. The number of ether oxygens (including phenoxy) is 6. The fourth-order valence-electron chi connectivity index (χ4n) is 14.1. The molecular weight excluding hydrogens is 1180 g/mol. The van der Waals surface area contributed by atoms with Gasteiger partial charge in [-0.1, -0.05) is 53.7 Å². The van der Waals surface area contributed by atoms with Gasteiger partial charge >= 0.3 is 35.8 Å². The summed E-state index contributed by atoms with van der Waals surface area (Å²) in [7, 11) is 7.80. The lowest BCUT2D eigenvalue weighted by molar-refractivity contribution is -0.141. The molecule has 16 bridgehead atoms. The topological polar surface area (TPSA) is 273 Å². The van der Waals surface area contributed by atoms with Crippen molar-refractivity contribution in [3.63, 3.8) is 0 Å². The predicted octanol–water partition coefficient (Wildman–Crippen LogP) is 13.5. The van der Waals surface area contributed by atoms with Crippen LogP contribution >= 0.6 is 0 Å². The number of carbonyl (C=O) groups excluding carboxylic acids is 6. The zero-order chi connectivity index (χ0) is 67.0. The smallest absolute Gasteiger partial charge is 0.341 e. The molecule has 4 N–H and O–H groups in total. The molecule has 93 heavy (non-hydrogen) atoms. The van der Waals surface area contributed by atoms with Crippen molar-refractivity contribution >= 4 is 108 Å². The SMILES string of the molecule is CCc1c(C)c2cc3nc(c(C(=O)OC)c4nc(cc5[nH]c(cc1[nH]2)c(/C=C\Cc1c(CC)c2cc6nc(c(C(=O)OC)c7nc(cc8[nH]c(cc1[nH]2)c(CC)c8C)[C@@H](C)[C@@H]7CCC(=O)OC)C(C(=O)OC)=C6C)c5CC)C(C)=C4C(=O)OC)[C@@H](CCC(=O)OC)[C@@H]3C. The molecule has 20 heteroatoms. The summed E-state index contributed by atoms with van der Waals surface area (Å²) >= 11 is 0. The van der Waals surface area contributed by atoms with Gasteiger partial charge in [0.15, 0.2) is 0 Å². The summed E-state index contributed by atoms with van der Waals surface area (Å²) in [5.41, 5.74) is 18.9. The zero-order valence-corrected chi connectivity index (χ0v) is 56.0. The number of hydrogen-bond donors (Lipinski definition) is 4. The van der Waals surface area contributed by atoms with Gasteiger partial charge in [-0.3, -0.25) is 19.6 Å². The van der Waals surface area contributed by atoms with E-state index < -0.39 is 47.7 Å². The maximum Gasteiger partial charge on any atom is 0.341 e. The zero-order valence-electron chi connectivity index (χ0n) is 56.0. The largest absolute Gasteiger partial charge is 0.469 e. The van der Waals surface area contributed by atoms with E-state index >= 15 is 0 Å². The molecule has 10 rings (SSSR count). The van der Waals surface area contributed by atoms with Crippen LogP contribution < -0.4 is 0 Å². The van der Waals surface area contributed by atoms with Crippen molar-refractivity contribution in [2.75, 3.05) is 42.7 Å². The van der Waals surface area contributed by atoms with Gasteiger partial charge in [-0.25, -0.2) is 29.1 Å². The van der Waals surface area contributed by atoms with E-state index in [1.54, 1.807) is 13.8 Å². The van der Waals surface area contributed by atoms with Crippen molar-refractivity contribution in [2.45, 2.75) is 151 Å². The lowest BCUT2D eigenvalue weighted by Gasteiger charge is -2.17. The Hall–Kier alpha value is -9.72. The van der Waals surface area contributed by atoms with Crippen LogP contribution in [0.4, 0.5) is 0 Å². The maximum absolute atomic E-state index is 14.4. The minimum Gasteiger partial charge on any atom is -0.469 e. The molecule has 0 aliphatic carbocycles. The third kappa shape index (κ3) is 12.0. The highest BCUT2D eigenvalue weighted by atomic mass is 16.5. The second-order valence-electron chi connectivity index (χ2n) is 24.0. The van der Waals surface area contributed by atoms with E-state index in [2.05, 4.69) is 85.8 Å². The first kappa shape index (κ1) is 66.2. The molecule has 6 aromatic rings. The van der Waals surface area contributed by atoms with Gasteiger partial charge in [0.2, 0.25) is 0 Å². The molecule has 0 unspecified atom stereocenters. The molecule has 6 aromatic heterocycles. The Bertz CT molecular complexity index is 4570. The minimum atomic E-state index is -0.745. The summed E-state index contributed by atoms with van der Waals surface area (Å²) in [5.74, 6) is -5.21. The van der Waals surface area contributed by atoms with E-state index in [1.165, 1.54) is 42.7 Å². The van der Waals surface area contributed by atoms with Crippen LogP contribution in [0.25, 0.3) is 72.5 Å². The lowest BCUT2D eigenvalue weighted by Crippen LogP contribution is -2.15. The predicted molar refractivity (Wildman–Crippen MR) is 358 cm³/mol. The first-order valence-corrected chi connectivity index (χ1v) is 31.8. The summed E-state index contributed by atoms with van der Waals surface area (Å²) in [6, 6.07) is 12.1. The monoisotopic (exact) mass is 1260 g/mol. The Balaban J connectivity index is 1.25. The fraction of sp³-hybridized carbons (Fsp3) is 0.397. The molecule has 4 atom stereocenters. The number of H-pyrrole nitrogens is 4. The molecule has 4 aliphatic heterocycles. The molecule has 10 heterocycles. The van der Waals surface area contributed by atoms with Gasteiger partial charge in [-0.15, -0.1) is 0 Å². The fourth-order valence-corrected chi connectivity index (χ4v) is 14.1. The van der Waals surface area contributed by atoms with E-state index in [-0.39, 0.29) is 58.3 Å². The standard InChI is InChI=1S/C73H82N8O12/c1-17-40-34(5)48-28-50-36(7)44(24-26-60(82)88-11)66(78-50)64(72(86)92-15)68-62(70(84)90-13)38(9)52(80-68)30-56-42(19-3)46(58(76-56)32-54(40)74-48)22-21-23-47-43(20-4)57-31-53-39(10)63(71(85)91-14)69(81-53)65(73(87)93-16)67-45(25-27-61(83)89-12)37(8)51(79-67)29-49-35(6)41(18-2)55(75-49)33-59(47)77-57/h21-22,28-33,36-37,44-45,74-77H,17-20,23-27H2,1-16H3/b22-21-,48-28?,49-29?,50-28?,51-29?,52-30?,53-31?,54-32?,55-33?,56-30?,57-31?,58-32?,59-33?,66-64?,67-65?,68-64?,69-65?/t36-,37-,44-,45-/m0/s1. The molecule has 0 aromatic carbocycles. The second kappa shape index (κ2) is 27.2. The summed E-state index contributed by atoms with van der Waals surface area (Å²) < 4.78 is 31.9. The number of methoxy groups -OCH3 is 6. The number of fused-ring (bicyclic) bond motifs is 16. The number of hydrogen-bond acceptors (Lipinski definition) is 16. The normalized spacial score (nSPS) is 16.3. The van der Waals surface area contributed by atoms with Gasteiger partial charge < -0.3 is 48.4 Å². The van der Waals surface area contributed by atoms with Gasteiger partial charge in [-0.05, 0) is 159 Å². The molecule has 0 radical (unpaired) electrons. The van der Waals surface area contributed by atoms with Crippen molar-refractivity contribution in [1.29, 1.82) is 0 Å². The van der Waals surface area contributed by atoms with E-state index in [9.17, 15) is 28.8 Å². The van der Waals surface area contributed by atoms with Crippen LogP contribution in [0, 0.1) is 13.8 Å². The van der Waals surface area contributed by atoms with Gasteiger partial charge in [0, 0.05) is 97.6 Å². The third-order valence-electron chi connectivity index (χ3n) is 19.3. The van der Waals surface area contributed by atoms with Gasteiger partial charge in [0.05, 0.1) is 88.0 Å². The quantitative estimate of drug-likeness (QED) is 0.0488. The Labute approximate surface area is 540 Å². The maximum atomic E-state index is 14.4. The number of rotatable bonds is 17. The summed E-state index contributed by atoms with van der Waals surface area (Å²) in [6.45, 7) is 20.2. The van der Waals surface area contributed by atoms with Crippen molar-refractivity contribution in [1.82, 2.24) is 39.9 Å². The van der Waals surface area contributed by atoms with Crippen molar-refractivity contribution < 1.29 is 57.2 Å². The van der Waals surface area contributed by atoms with Crippen LogP contribution in [-0.4, -0.2) is 118 Å². The highest BCUT2D eigenvalue weighted by Gasteiger charge is 2.40. The average molecular weight is 1260 g/mol. The lowest BCUT2D eigenvalue weighted by atomic mass is 9.85. The third-order valence-corrected chi connectivity index (χ3v) is 19.3. The molecule has 0 fully saturated rings. The van der Waals surface area contributed by atoms with Crippen LogP contribution in [0.5, 0.6) is 0 Å². The Morgan fingerprint density at radius 1 is 0.441 bits per heavy atom. The Kier molecular flexibility index (Phi) is 19.4. The minimum absolute atomic E-state index is 0.00639. The molecule has 0 amide bonds. The van der Waals surface area contributed by atoms with Gasteiger partial charge in [0.1, 0.15) is 11.1 Å². The number of carbonyl (C=O) groups is 6. The number of aromatic amines is 4. The summed E-state index contributed by atoms with van der Waals surface area (Å²) in [4.78, 5) is 118. The van der Waals surface area contributed by atoms with Crippen LogP contribution in [-0.2, 0) is 79.7 Å². The first-order valence-electron chi connectivity index (χ1n) is 31.8. The number of aryl methyl sites for hydroxylation is 6. The average Bonchev–Trinajstić information content (AvgIpc) is 1.61. The number of allylic oxidation sites excluding steroid dienone is 3. The van der Waals surface area contributed by atoms with E-state index in [4.69, 9.17) is 48.4 Å². The van der Waals surface area contributed by atoms with Crippen LogP contribution in [0.1, 0.15) is 216 Å². The highest BCUT2D eigenvalue weighted by molar-refractivity contribution is 6.27. The molecule has 0 saturated carbocycles. The molecule has 4 aliphatic rings.